The number of hydrogen-bond acceptors (Lipinski definition) is 4. The van der Waals surface area contributed by atoms with Gasteiger partial charge in [-0.25, -0.2) is 0 Å². The van der Waals surface area contributed by atoms with E-state index in [1.165, 1.54) is 0 Å². The molecule has 0 aromatic heterocycles. The summed E-state index contributed by atoms with van der Waals surface area (Å²) < 4.78 is 0. The van der Waals surface area contributed by atoms with E-state index in [-0.39, 0.29) is 5.91 Å². The van der Waals surface area contributed by atoms with Crippen molar-refractivity contribution in [2.75, 3.05) is 32.7 Å². The molecular formula is C10H18N6O. The van der Waals surface area contributed by atoms with Crippen LogP contribution in [0, 0.1) is 5.92 Å². The number of primary amides is 1. The third-order valence-corrected chi connectivity index (χ3v) is 3.95. The molecular weight excluding hydrogens is 220 g/mol. The minimum absolute atomic E-state index is 0.273. The molecule has 0 spiro atoms. The molecule has 2 heterocycles. The Bertz CT molecular complexity index is 353. The highest BCUT2D eigenvalue weighted by molar-refractivity contribution is 5.85. The fraction of sp³-hybridized carbons (Fsp3) is 0.900. The smallest absolute Gasteiger partial charge is 0.238 e. The molecule has 2 rings (SSSR count). The van der Waals surface area contributed by atoms with Crippen molar-refractivity contribution in [2.24, 2.45) is 16.8 Å². The molecule has 3 N–H and O–H groups in total. The molecule has 2 saturated heterocycles. The topological polar surface area (TPSA) is 107 Å². The lowest BCUT2D eigenvalue weighted by Crippen LogP contribution is -2.64. The van der Waals surface area contributed by atoms with Crippen LogP contribution in [0.1, 0.15) is 12.8 Å². The number of hydrogen-bond donors (Lipinski definition) is 2. The highest BCUT2D eigenvalue weighted by atomic mass is 16.1. The zero-order valence-corrected chi connectivity index (χ0v) is 9.80. The summed E-state index contributed by atoms with van der Waals surface area (Å²) in [6.45, 7) is 3.76. The number of amides is 1. The van der Waals surface area contributed by atoms with Gasteiger partial charge in [0.1, 0.15) is 5.54 Å². The van der Waals surface area contributed by atoms with Crippen LogP contribution in [0.5, 0.6) is 0 Å². The minimum Gasteiger partial charge on any atom is -0.368 e. The Balaban J connectivity index is 2.04. The number of carbonyl (C=O) groups excluding carboxylic acids is 1. The quantitative estimate of drug-likeness (QED) is 0.300. The summed E-state index contributed by atoms with van der Waals surface area (Å²) in [4.78, 5) is 16.8. The van der Waals surface area contributed by atoms with Gasteiger partial charge in [-0.15, -0.1) is 0 Å². The summed E-state index contributed by atoms with van der Waals surface area (Å²) in [5, 5.41) is 6.69. The third-order valence-electron chi connectivity index (χ3n) is 3.95. The molecule has 2 aliphatic rings. The third kappa shape index (κ3) is 2.22. The number of fused-ring (bicyclic) bond motifs is 2. The molecule has 0 saturated carbocycles. The molecule has 3 atom stereocenters. The lowest BCUT2D eigenvalue weighted by atomic mass is 9.78. The van der Waals surface area contributed by atoms with Gasteiger partial charge in [0.15, 0.2) is 0 Å². The van der Waals surface area contributed by atoms with E-state index in [1.807, 2.05) is 0 Å². The maximum atomic E-state index is 11.8. The Hall–Kier alpha value is -1.30. The van der Waals surface area contributed by atoms with Gasteiger partial charge < -0.3 is 16.0 Å². The molecule has 2 bridgehead atoms. The lowest BCUT2D eigenvalue weighted by molar-refractivity contribution is -0.128. The van der Waals surface area contributed by atoms with Gasteiger partial charge in [0.05, 0.1) is 0 Å². The van der Waals surface area contributed by atoms with Gasteiger partial charge in [-0.05, 0) is 24.9 Å². The van der Waals surface area contributed by atoms with Crippen LogP contribution in [-0.2, 0) is 4.79 Å². The normalized spacial score (nSPS) is 35.3. The molecule has 7 heteroatoms. The molecule has 2 aliphatic heterocycles. The second-order valence-corrected chi connectivity index (χ2v) is 4.75. The van der Waals surface area contributed by atoms with Crippen molar-refractivity contribution in [2.45, 2.75) is 18.4 Å². The van der Waals surface area contributed by atoms with Gasteiger partial charge >= 0.3 is 0 Å². The van der Waals surface area contributed by atoms with Crippen molar-refractivity contribution in [1.29, 1.82) is 0 Å². The average Bonchev–Trinajstić information content (AvgIpc) is 2.71. The zero-order chi connectivity index (χ0) is 12.3. The number of piperidine rings is 1. The number of rotatable bonds is 5. The van der Waals surface area contributed by atoms with Crippen molar-refractivity contribution in [3.63, 3.8) is 0 Å². The number of azide groups is 1. The van der Waals surface area contributed by atoms with E-state index in [9.17, 15) is 4.79 Å². The second kappa shape index (κ2) is 4.91. The van der Waals surface area contributed by atoms with Crippen LogP contribution in [0.4, 0.5) is 0 Å². The van der Waals surface area contributed by atoms with Crippen molar-refractivity contribution in [3.05, 3.63) is 10.4 Å². The molecule has 7 nitrogen and oxygen atoms in total. The molecule has 0 aromatic carbocycles. The molecule has 0 radical (unpaired) electrons. The standard InChI is InChI=1S/C10H18N6O/c11-9(17)10(13-3-4-14-15-12)2-6-16-5-1-8(10)7-16/h8,13H,1-7H2,(H2,11,17). The molecule has 2 fully saturated rings. The van der Waals surface area contributed by atoms with Crippen LogP contribution in [0.2, 0.25) is 0 Å². The first-order chi connectivity index (χ1) is 8.19. The van der Waals surface area contributed by atoms with Crippen LogP contribution in [0.15, 0.2) is 5.11 Å². The Morgan fingerprint density at radius 3 is 3.18 bits per heavy atom. The first-order valence-corrected chi connectivity index (χ1v) is 5.97. The van der Waals surface area contributed by atoms with Crippen molar-refractivity contribution in [3.8, 4) is 0 Å². The van der Waals surface area contributed by atoms with E-state index >= 15 is 0 Å². The van der Waals surface area contributed by atoms with E-state index in [1.54, 1.807) is 0 Å². The van der Waals surface area contributed by atoms with Gasteiger partial charge in [-0.1, -0.05) is 5.11 Å². The maximum absolute atomic E-state index is 11.8. The van der Waals surface area contributed by atoms with E-state index in [4.69, 9.17) is 11.3 Å². The predicted molar refractivity (Wildman–Crippen MR) is 63.1 cm³/mol. The summed E-state index contributed by atoms with van der Waals surface area (Å²) in [7, 11) is 0. The summed E-state index contributed by atoms with van der Waals surface area (Å²) in [6.07, 6.45) is 1.76. The number of nitrogens with two attached hydrogens (primary N) is 1. The first-order valence-electron chi connectivity index (χ1n) is 5.97. The highest BCUT2D eigenvalue weighted by Gasteiger charge is 2.49. The summed E-state index contributed by atoms with van der Waals surface area (Å²) in [5.41, 5.74) is 13.2. The fourth-order valence-corrected chi connectivity index (χ4v) is 2.99. The van der Waals surface area contributed by atoms with Gasteiger partial charge in [0.2, 0.25) is 5.91 Å². The molecule has 17 heavy (non-hydrogen) atoms. The maximum Gasteiger partial charge on any atom is 0.238 e. The molecule has 0 aromatic rings. The highest BCUT2D eigenvalue weighted by Crippen LogP contribution is 2.35. The Morgan fingerprint density at radius 1 is 1.65 bits per heavy atom. The monoisotopic (exact) mass is 238 g/mol. The fourth-order valence-electron chi connectivity index (χ4n) is 2.99. The van der Waals surface area contributed by atoms with Crippen LogP contribution in [0.25, 0.3) is 10.4 Å². The molecule has 0 aliphatic carbocycles. The molecule has 94 valence electrons. The van der Waals surface area contributed by atoms with Gasteiger partial charge in [-0.3, -0.25) is 4.79 Å². The van der Waals surface area contributed by atoms with Gasteiger partial charge in [0, 0.05) is 37.0 Å². The lowest BCUT2D eigenvalue weighted by Gasteiger charge is -2.41. The predicted octanol–water partition coefficient (Wildman–Crippen LogP) is -0.164. The summed E-state index contributed by atoms with van der Waals surface area (Å²) in [5.74, 6) is 0.0183. The van der Waals surface area contributed by atoms with Crippen molar-refractivity contribution < 1.29 is 4.79 Å². The summed E-state index contributed by atoms with van der Waals surface area (Å²) >= 11 is 0. The Kier molecular flexibility index (Phi) is 3.51. The van der Waals surface area contributed by atoms with E-state index in [2.05, 4.69) is 20.2 Å². The number of nitrogens with one attached hydrogen (secondary N) is 1. The summed E-state index contributed by atoms with van der Waals surface area (Å²) in [6, 6.07) is 0. The van der Waals surface area contributed by atoms with Gasteiger partial charge in [-0.2, -0.15) is 0 Å². The number of carbonyl (C=O) groups is 1. The van der Waals surface area contributed by atoms with E-state index < -0.39 is 5.54 Å². The van der Waals surface area contributed by atoms with Crippen LogP contribution < -0.4 is 11.1 Å². The van der Waals surface area contributed by atoms with Crippen molar-refractivity contribution in [1.82, 2.24) is 10.2 Å². The van der Waals surface area contributed by atoms with Gasteiger partial charge in [0.25, 0.3) is 0 Å². The molecule has 1 amide bonds. The minimum atomic E-state index is -0.599. The SMILES string of the molecule is [N-]=[N+]=NCCNC1(C(N)=O)CCN2CCC1C2. The molecule has 3 unspecified atom stereocenters. The Morgan fingerprint density at radius 2 is 2.47 bits per heavy atom. The van der Waals surface area contributed by atoms with Crippen LogP contribution in [0.3, 0.4) is 0 Å². The second-order valence-electron chi connectivity index (χ2n) is 4.75. The number of nitrogens with zero attached hydrogens (tertiary/aromatic N) is 4. The van der Waals surface area contributed by atoms with Crippen molar-refractivity contribution >= 4 is 5.91 Å². The first kappa shape index (κ1) is 12.2. The van der Waals surface area contributed by atoms with Crippen LogP contribution >= 0.6 is 0 Å². The zero-order valence-electron chi connectivity index (χ0n) is 9.80. The van der Waals surface area contributed by atoms with E-state index in [0.29, 0.717) is 19.0 Å². The Labute approximate surface area is 100.0 Å². The van der Waals surface area contributed by atoms with Crippen LogP contribution in [-0.4, -0.2) is 49.1 Å². The average molecular weight is 238 g/mol. The largest absolute Gasteiger partial charge is 0.368 e. The van der Waals surface area contributed by atoms with E-state index in [0.717, 1.165) is 32.5 Å².